The highest BCUT2D eigenvalue weighted by Gasteiger charge is 2.41. The third-order valence-electron chi connectivity index (χ3n) is 6.36. The number of pyridine rings is 1. The summed E-state index contributed by atoms with van der Waals surface area (Å²) in [5, 5.41) is 6.85. The van der Waals surface area contributed by atoms with Gasteiger partial charge in [0, 0.05) is 49.9 Å². The highest BCUT2D eigenvalue weighted by molar-refractivity contribution is 7.80. The van der Waals surface area contributed by atoms with Crippen molar-refractivity contribution in [2.24, 2.45) is 0 Å². The topological polar surface area (TPSA) is 71.4 Å². The summed E-state index contributed by atoms with van der Waals surface area (Å²) >= 11 is 5.73. The Morgan fingerprint density at radius 2 is 1.97 bits per heavy atom. The van der Waals surface area contributed by atoms with Gasteiger partial charge in [0.05, 0.1) is 24.4 Å². The number of nitrogens with zero attached hydrogens (tertiary/aromatic N) is 3. The first-order chi connectivity index (χ1) is 16.9. The molecule has 1 aromatic carbocycles. The number of aryl methyl sites for hydroxylation is 1. The van der Waals surface area contributed by atoms with Gasteiger partial charge in [-0.3, -0.25) is 9.78 Å². The van der Waals surface area contributed by atoms with Crippen LogP contribution in [0.25, 0.3) is 0 Å². The van der Waals surface area contributed by atoms with E-state index in [1.165, 1.54) is 12.1 Å². The quantitative estimate of drug-likeness (QED) is 0.432. The van der Waals surface area contributed by atoms with Crippen LogP contribution in [0, 0.1) is 19.7 Å². The minimum Gasteiger partial charge on any atom is -0.383 e. The van der Waals surface area contributed by atoms with E-state index in [1.807, 2.05) is 18.2 Å². The lowest BCUT2D eigenvalue weighted by molar-refractivity contribution is -0.116. The molecule has 0 aliphatic carbocycles. The van der Waals surface area contributed by atoms with E-state index >= 15 is 0 Å². The molecule has 7 nitrogen and oxygen atoms in total. The van der Waals surface area contributed by atoms with Crippen LogP contribution in [0.5, 0.6) is 0 Å². The molecule has 2 N–H and O–H groups in total. The molecule has 184 valence electrons. The summed E-state index contributed by atoms with van der Waals surface area (Å²) in [6.07, 6.45) is 2.00. The predicted octanol–water partition coefficient (Wildman–Crippen LogP) is 4.29. The summed E-state index contributed by atoms with van der Waals surface area (Å²) in [6.45, 7) is 5.99. The number of aromatic nitrogens is 2. The van der Waals surface area contributed by atoms with Crippen molar-refractivity contribution < 1.29 is 13.9 Å². The van der Waals surface area contributed by atoms with Crippen LogP contribution in [-0.2, 0) is 16.1 Å². The summed E-state index contributed by atoms with van der Waals surface area (Å²) in [4.78, 5) is 19.3. The highest BCUT2D eigenvalue weighted by atomic mass is 32.1. The van der Waals surface area contributed by atoms with Gasteiger partial charge in [0.2, 0.25) is 5.91 Å². The van der Waals surface area contributed by atoms with Crippen molar-refractivity contribution in [3.8, 4) is 0 Å². The molecule has 0 radical (unpaired) electrons. The maximum atomic E-state index is 13.2. The van der Waals surface area contributed by atoms with Crippen LogP contribution in [0.4, 0.5) is 10.1 Å². The Hall–Kier alpha value is -3.30. The Morgan fingerprint density at radius 3 is 2.66 bits per heavy atom. The number of methoxy groups -OCH3 is 1. The van der Waals surface area contributed by atoms with E-state index in [0.717, 1.165) is 29.2 Å². The predicted molar refractivity (Wildman–Crippen MR) is 138 cm³/mol. The molecule has 1 fully saturated rings. The molecule has 0 saturated carbocycles. The van der Waals surface area contributed by atoms with Crippen LogP contribution in [0.3, 0.4) is 0 Å². The summed E-state index contributed by atoms with van der Waals surface area (Å²) in [5.74, 6) is -0.506. The average molecular weight is 496 g/mol. The van der Waals surface area contributed by atoms with Gasteiger partial charge in [0.25, 0.3) is 0 Å². The summed E-state index contributed by atoms with van der Waals surface area (Å²) in [6, 6.07) is 13.5. The molecular formula is C26H30FN5O2S. The lowest BCUT2D eigenvalue weighted by atomic mass is 9.96. The van der Waals surface area contributed by atoms with Gasteiger partial charge in [-0.15, -0.1) is 0 Å². The average Bonchev–Trinajstić information content (AvgIpc) is 3.33. The van der Waals surface area contributed by atoms with Crippen molar-refractivity contribution in [1.29, 1.82) is 0 Å². The lowest BCUT2D eigenvalue weighted by Crippen LogP contribution is -2.33. The molecule has 2 aromatic heterocycles. The van der Waals surface area contributed by atoms with Crippen molar-refractivity contribution in [2.45, 2.75) is 38.9 Å². The van der Waals surface area contributed by atoms with Crippen LogP contribution in [0.2, 0.25) is 0 Å². The fraction of sp³-hybridized carbons (Fsp3) is 0.346. The van der Waals surface area contributed by atoms with Crippen molar-refractivity contribution in [3.63, 3.8) is 0 Å². The number of nitrogens with one attached hydrogen (secondary N) is 2. The first-order valence-corrected chi connectivity index (χ1v) is 12.0. The zero-order valence-electron chi connectivity index (χ0n) is 20.1. The number of benzene rings is 1. The highest BCUT2D eigenvalue weighted by Crippen LogP contribution is 2.40. The van der Waals surface area contributed by atoms with Gasteiger partial charge in [0.1, 0.15) is 5.82 Å². The molecule has 3 heterocycles. The monoisotopic (exact) mass is 495 g/mol. The number of anilines is 1. The molecular weight excluding hydrogens is 465 g/mol. The van der Waals surface area contributed by atoms with E-state index in [4.69, 9.17) is 17.0 Å². The number of hydrogen-bond acceptors (Lipinski definition) is 4. The van der Waals surface area contributed by atoms with Crippen molar-refractivity contribution in [2.75, 3.05) is 25.6 Å². The number of rotatable bonds is 9. The number of carbonyl (C=O) groups is 1. The fourth-order valence-corrected chi connectivity index (χ4v) is 4.95. The van der Waals surface area contributed by atoms with Gasteiger partial charge in [0.15, 0.2) is 5.11 Å². The van der Waals surface area contributed by atoms with Crippen LogP contribution in [0.15, 0.2) is 54.7 Å². The Morgan fingerprint density at radius 1 is 1.20 bits per heavy atom. The Balaban J connectivity index is 1.59. The largest absolute Gasteiger partial charge is 0.383 e. The number of amides is 1. The smallest absolute Gasteiger partial charge is 0.226 e. The number of ether oxygens (including phenoxy) is 1. The molecule has 1 aliphatic heterocycles. The van der Waals surface area contributed by atoms with Crippen LogP contribution in [0.1, 0.15) is 41.1 Å². The molecule has 1 saturated heterocycles. The standard InChI is InChI=1S/C26H30FN5O2S/c1-17-16-21(18(2)31(17)14-15-34-3)25-24(22-6-4-5-12-28-22)30-26(35)32(25)13-11-23(33)29-20-9-7-19(27)8-10-20/h4-10,12,16,24-25H,11,13-15H2,1-3H3,(H,29,33)(H,30,35)/t24-,25+/m0/s1. The van der Waals surface area contributed by atoms with Gasteiger partial charge >= 0.3 is 0 Å². The second-order valence-corrected chi connectivity index (χ2v) is 8.98. The molecule has 1 amide bonds. The maximum Gasteiger partial charge on any atom is 0.226 e. The summed E-state index contributed by atoms with van der Waals surface area (Å²) in [7, 11) is 1.70. The van der Waals surface area contributed by atoms with Gasteiger partial charge < -0.3 is 24.8 Å². The lowest BCUT2D eigenvalue weighted by Gasteiger charge is -2.28. The molecule has 3 aromatic rings. The molecule has 4 rings (SSSR count). The van der Waals surface area contributed by atoms with Crippen molar-refractivity contribution in [3.05, 3.63) is 83.2 Å². The molecule has 35 heavy (non-hydrogen) atoms. The zero-order chi connectivity index (χ0) is 24.9. The van der Waals surface area contributed by atoms with Crippen molar-refractivity contribution >= 4 is 28.9 Å². The van der Waals surface area contributed by atoms with E-state index in [2.05, 4.69) is 45.0 Å². The van der Waals surface area contributed by atoms with Gasteiger partial charge in [-0.05, 0) is 74.1 Å². The van der Waals surface area contributed by atoms with Crippen molar-refractivity contribution in [1.82, 2.24) is 19.8 Å². The Kier molecular flexibility index (Phi) is 7.77. The zero-order valence-corrected chi connectivity index (χ0v) is 20.9. The Labute approximate surface area is 210 Å². The van der Waals surface area contributed by atoms with E-state index in [0.29, 0.717) is 24.0 Å². The number of thiocarbonyl (C=S) groups is 1. The van der Waals surface area contributed by atoms with E-state index in [9.17, 15) is 9.18 Å². The third kappa shape index (κ3) is 5.52. The minimum atomic E-state index is -0.344. The second kappa shape index (κ2) is 11.0. The first kappa shape index (κ1) is 24.8. The molecule has 9 heteroatoms. The van der Waals surface area contributed by atoms with E-state index < -0.39 is 0 Å². The molecule has 1 aliphatic rings. The van der Waals surface area contributed by atoms with E-state index in [-0.39, 0.29) is 30.2 Å². The van der Waals surface area contributed by atoms with E-state index in [1.54, 1.807) is 25.4 Å². The number of carbonyl (C=O) groups excluding carboxylic acids is 1. The third-order valence-corrected chi connectivity index (χ3v) is 6.71. The number of halogens is 1. The SMILES string of the molecule is COCCn1c(C)cc([C@@H]2[C@H](c3ccccn3)NC(=S)N2CCC(=O)Nc2ccc(F)cc2)c1C. The van der Waals surface area contributed by atoms with Crippen LogP contribution in [-0.4, -0.2) is 45.7 Å². The second-order valence-electron chi connectivity index (χ2n) is 8.60. The van der Waals surface area contributed by atoms with Gasteiger partial charge in [-0.2, -0.15) is 0 Å². The molecule has 0 spiro atoms. The molecule has 0 bridgehead atoms. The summed E-state index contributed by atoms with van der Waals surface area (Å²) < 4.78 is 20.7. The van der Waals surface area contributed by atoms with Gasteiger partial charge in [-0.1, -0.05) is 6.07 Å². The fourth-order valence-electron chi connectivity index (χ4n) is 4.62. The first-order valence-electron chi connectivity index (χ1n) is 11.6. The van der Waals surface area contributed by atoms with Crippen LogP contribution < -0.4 is 10.6 Å². The Bertz CT molecular complexity index is 1180. The number of hydrogen-bond donors (Lipinski definition) is 2. The molecule has 2 atom stereocenters. The summed E-state index contributed by atoms with van der Waals surface area (Å²) in [5.41, 5.74) is 4.86. The minimum absolute atomic E-state index is 0.126. The normalized spacial score (nSPS) is 17.5. The van der Waals surface area contributed by atoms with Gasteiger partial charge in [-0.25, -0.2) is 4.39 Å². The maximum absolute atomic E-state index is 13.2. The van der Waals surface area contributed by atoms with Crippen LogP contribution >= 0.6 is 12.2 Å². The molecule has 0 unspecified atom stereocenters.